The summed E-state index contributed by atoms with van der Waals surface area (Å²) < 4.78 is 16.1. The van der Waals surface area contributed by atoms with Crippen LogP contribution in [0.5, 0.6) is 0 Å². The van der Waals surface area contributed by atoms with E-state index in [2.05, 4.69) is 38.0 Å². The Hall–Kier alpha value is -3.33. The van der Waals surface area contributed by atoms with E-state index in [1.165, 1.54) is 0 Å². The lowest BCUT2D eigenvalue weighted by Crippen LogP contribution is -2.25. The molecule has 5 heteroatoms. The van der Waals surface area contributed by atoms with E-state index >= 15 is 4.57 Å². The predicted octanol–water partition coefficient (Wildman–Crippen LogP) is 6.52. The van der Waals surface area contributed by atoms with Crippen molar-refractivity contribution in [2.24, 2.45) is 0 Å². The maximum atomic E-state index is 15.2. The molecule has 1 atom stereocenters. The number of aryl methyl sites for hydroxylation is 1. The highest BCUT2D eigenvalue weighted by Crippen LogP contribution is 2.44. The third-order valence-corrected chi connectivity index (χ3v) is 9.27. The summed E-state index contributed by atoms with van der Waals surface area (Å²) in [6.07, 6.45) is 7.11. The number of rotatable bonds is 5. The maximum Gasteiger partial charge on any atom is 0.171 e. The van der Waals surface area contributed by atoms with Gasteiger partial charge in [-0.05, 0) is 89.3 Å². The molecule has 3 nitrogen and oxygen atoms in total. The topological polar surface area (TPSA) is 42.9 Å². The van der Waals surface area contributed by atoms with Gasteiger partial charge in [0.1, 0.15) is 0 Å². The summed E-state index contributed by atoms with van der Waals surface area (Å²) >= 11 is 3.67. The third kappa shape index (κ3) is 4.40. The molecule has 0 radical (unpaired) electrons. The van der Waals surface area contributed by atoms with Crippen molar-refractivity contribution in [3.05, 3.63) is 126 Å². The van der Waals surface area contributed by atoms with Crippen LogP contribution >= 0.6 is 23.1 Å². The first kappa shape index (κ1) is 22.5. The standard InChI is InChI=1S/C29H22BrN2OP/c1-21-15-24(22-7-11-31-12-8-22)18-28(16-21)34(33,27-5-3-2-4-6-27)29-19-25(17-26(30)20-29)23-9-13-32-14-10-23/h2-20H,1H3. The number of benzene rings is 3. The molecule has 1 unspecified atom stereocenters. The Morgan fingerprint density at radius 2 is 1.12 bits per heavy atom. The van der Waals surface area contributed by atoms with Gasteiger partial charge in [0, 0.05) is 45.2 Å². The lowest BCUT2D eigenvalue weighted by atomic mass is 10.1. The van der Waals surface area contributed by atoms with E-state index in [0.717, 1.165) is 48.2 Å². The van der Waals surface area contributed by atoms with Crippen molar-refractivity contribution in [3.8, 4) is 22.3 Å². The highest BCUT2D eigenvalue weighted by molar-refractivity contribution is 9.10. The minimum atomic E-state index is -3.19. The largest absolute Gasteiger partial charge is 0.309 e. The highest BCUT2D eigenvalue weighted by atomic mass is 79.9. The van der Waals surface area contributed by atoms with E-state index in [-0.39, 0.29) is 0 Å². The SMILES string of the molecule is Cc1cc(-c2ccncc2)cc(P(=O)(c2ccccc2)c2cc(Br)cc(-c3ccncc3)c2)c1. The molecule has 0 aliphatic carbocycles. The number of pyridine rings is 2. The molecular weight excluding hydrogens is 503 g/mol. The summed E-state index contributed by atoms with van der Waals surface area (Å²) in [5, 5.41) is 2.40. The van der Waals surface area contributed by atoms with Crippen LogP contribution in [0.1, 0.15) is 5.56 Å². The van der Waals surface area contributed by atoms with Gasteiger partial charge in [-0.25, -0.2) is 0 Å². The molecule has 0 fully saturated rings. The van der Waals surface area contributed by atoms with Crippen LogP contribution in [0, 0.1) is 6.92 Å². The molecule has 5 rings (SSSR count). The van der Waals surface area contributed by atoms with E-state index < -0.39 is 7.14 Å². The normalized spacial score (nSPS) is 12.8. The van der Waals surface area contributed by atoms with Gasteiger partial charge in [-0.2, -0.15) is 0 Å². The van der Waals surface area contributed by atoms with Crippen LogP contribution in [-0.2, 0) is 4.57 Å². The number of hydrogen-bond donors (Lipinski definition) is 0. The molecule has 34 heavy (non-hydrogen) atoms. The van der Waals surface area contributed by atoms with Crippen molar-refractivity contribution in [2.75, 3.05) is 0 Å². The predicted molar refractivity (Wildman–Crippen MR) is 145 cm³/mol. The maximum absolute atomic E-state index is 15.2. The Bertz CT molecular complexity index is 1400. The van der Waals surface area contributed by atoms with Crippen LogP contribution in [0.15, 0.2) is 120 Å². The Morgan fingerprint density at radius 1 is 0.588 bits per heavy atom. The zero-order valence-electron chi connectivity index (χ0n) is 18.6. The average molecular weight is 525 g/mol. The molecule has 5 aromatic rings. The van der Waals surface area contributed by atoms with Crippen molar-refractivity contribution in [1.29, 1.82) is 0 Å². The monoisotopic (exact) mass is 524 g/mol. The summed E-state index contributed by atoms with van der Waals surface area (Å²) in [6.45, 7) is 2.05. The highest BCUT2D eigenvalue weighted by Gasteiger charge is 2.31. The van der Waals surface area contributed by atoms with Crippen molar-refractivity contribution < 1.29 is 4.57 Å². The molecule has 3 aromatic carbocycles. The van der Waals surface area contributed by atoms with Crippen molar-refractivity contribution in [1.82, 2.24) is 9.97 Å². The molecule has 2 heterocycles. The smallest absolute Gasteiger partial charge is 0.171 e. The summed E-state index contributed by atoms with van der Waals surface area (Å²) in [5.41, 5.74) is 5.15. The van der Waals surface area contributed by atoms with E-state index in [9.17, 15) is 0 Å². The first-order valence-electron chi connectivity index (χ1n) is 10.9. The zero-order chi connectivity index (χ0) is 23.5. The molecule has 0 aliphatic rings. The molecule has 166 valence electrons. The van der Waals surface area contributed by atoms with Gasteiger partial charge in [0.25, 0.3) is 0 Å². The first-order valence-corrected chi connectivity index (χ1v) is 13.4. The average Bonchev–Trinajstić information content (AvgIpc) is 2.89. The molecule has 0 N–H and O–H groups in total. The van der Waals surface area contributed by atoms with Crippen molar-refractivity contribution in [2.45, 2.75) is 6.92 Å². The Morgan fingerprint density at radius 3 is 1.71 bits per heavy atom. The van der Waals surface area contributed by atoms with Gasteiger partial charge in [0.15, 0.2) is 7.14 Å². The van der Waals surface area contributed by atoms with Gasteiger partial charge in [0.05, 0.1) is 0 Å². The van der Waals surface area contributed by atoms with E-state index in [0.29, 0.717) is 0 Å². The van der Waals surface area contributed by atoms with Gasteiger partial charge in [-0.3, -0.25) is 9.97 Å². The second-order valence-corrected chi connectivity index (χ2v) is 11.9. The second kappa shape index (κ2) is 9.50. The molecule has 0 saturated heterocycles. The van der Waals surface area contributed by atoms with Gasteiger partial charge in [0.2, 0.25) is 0 Å². The Balaban J connectivity index is 1.77. The fourth-order valence-corrected chi connectivity index (χ4v) is 7.71. The lowest BCUT2D eigenvalue weighted by molar-refractivity contribution is 0.592. The van der Waals surface area contributed by atoms with Crippen LogP contribution < -0.4 is 15.9 Å². The minimum Gasteiger partial charge on any atom is -0.309 e. The van der Waals surface area contributed by atoms with Crippen LogP contribution in [0.2, 0.25) is 0 Å². The van der Waals surface area contributed by atoms with Crippen LogP contribution in [-0.4, -0.2) is 9.97 Å². The summed E-state index contributed by atoms with van der Waals surface area (Å²) in [7, 11) is -3.19. The van der Waals surface area contributed by atoms with E-state index in [1.807, 2.05) is 85.8 Å². The number of aromatic nitrogens is 2. The fraction of sp³-hybridized carbons (Fsp3) is 0.0345. The number of halogens is 1. The molecule has 0 amide bonds. The Labute approximate surface area is 208 Å². The molecule has 0 aliphatic heterocycles. The fourth-order valence-electron chi connectivity index (χ4n) is 4.21. The molecule has 0 spiro atoms. The van der Waals surface area contributed by atoms with E-state index in [4.69, 9.17) is 0 Å². The van der Waals surface area contributed by atoms with Crippen LogP contribution in [0.4, 0.5) is 0 Å². The molecule has 0 bridgehead atoms. The molecular formula is C29H22BrN2OP. The number of nitrogens with zero attached hydrogens (tertiary/aromatic N) is 2. The third-order valence-electron chi connectivity index (χ3n) is 5.82. The summed E-state index contributed by atoms with van der Waals surface area (Å²) in [5.74, 6) is 0. The van der Waals surface area contributed by atoms with Crippen molar-refractivity contribution in [3.63, 3.8) is 0 Å². The van der Waals surface area contributed by atoms with Gasteiger partial charge in [-0.1, -0.05) is 52.3 Å². The number of hydrogen-bond acceptors (Lipinski definition) is 3. The van der Waals surface area contributed by atoms with Gasteiger partial charge < -0.3 is 4.57 Å². The molecule has 2 aromatic heterocycles. The molecule has 0 saturated carbocycles. The minimum absolute atomic E-state index is 0.783. The second-order valence-electron chi connectivity index (χ2n) is 8.17. The summed E-state index contributed by atoms with van der Waals surface area (Å²) in [4.78, 5) is 8.28. The quantitative estimate of drug-likeness (QED) is 0.246. The first-order chi connectivity index (χ1) is 16.5. The Kier molecular flexibility index (Phi) is 6.28. The lowest BCUT2D eigenvalue weighted by Gasteiger charge is -2.22. The van der Waals surface area contributed by atoms with Crippen LogP contribution in [0.25, 0.3) is 22.3 Å². The van der Waals surface area contributed by atoms with Gasteiger partial charge in [-0.15, -0.1) is 0 Å². The zero-order valence-corrected chi connectivity index (χ0v) is 21.1. The van der Waals surface area contributed by atoms with E-state index in [1.54, 1.807) is 24.8 Å². The summed E-state index contributed by atoms with van der Waals surface area (Å²) in [6, 6.07) is 30.0. The van der Waals surface area contributed by atoms with Gasteiger partial charge >= 0.3 is 0 Å². The van der Waals surface area contributed by atoms with Crippen molar-refractivity contribution >= 4 is 39.0 Å². The van der Waals surface area contributed by atoms with Crippen LogP contribution in [0.3, 0.4) is 0 Å².